The number of benzene rings is 3. The number of nitrogens with one attached hydrogen (secondary N) is 1. The Kier molecular flexibility index (Phi) is 9.83. The molecule has 0 saturated carbocycles. The van der Waals surface area contributed by atoms with Crippen molar-refractivity contribution in [2.45, 2.75) is 45.1 Å². The fourth-order valence-electron chi connectivity index (χ4n) is 5.81. The number of rotatable bonds is 9. The third kappa shape index (κ3) is 6.88. The van der Waals surface area contributed by atoms with Crippen molar-refractivity contribution in [2.24, 2.45) is 0 Å². The lowest BCUT2D eigenvalue weighted by molar-refractivity contribution is -0.190. The molecule has 0 unspecified atom stereocenters. The fourth-order valence-corrected chi connectivity index (χ4v) is 6.24. The molecule has 2 aliphatic rings. The fraction of sp³-hybridized carbons (Fsp3) is 0.344. The van der Waals surface area contributed by atoms with Crippen LogP contribution in [0.1, 0.15) is 30.0 Å². The highest BCUT2D eigenvalue weighted by Crippen LogP contribution is 2.32. The zero-order chi connectivity index (χ0) is 31.4. The van der Waals surface area contributed by atoms with Crippen molar-refractivity contribution in [3.63, 3.8) is 0 Å². The lowest BCUT2D eigenvalue weighted by Crippen LogP contribution is -2.76. The molecular weight excluding hydrogens is 603 g/mol. The van der Waals surface area contributed by atoms with Gasteiger partial charge in [-0.25, -0.2) is 14.8 Å². The molecule has 0 aliphatic carbocycles. The van der Waals surface area contributed by atoms with Crippen LogP contribution in [0.25, 0.3) is 0 Å². The Morgan fingerprint density at radius 2 is 1.73 bits per heavy atom. The summed E-state index contributed by atoms with van der Waals surface area (Å²) in [4.78, 5) is 45.1. The zero-order valence-electron chi connectivity index (χ0n) is 24.7. The van der Waals surface area contributed by atoms with Crippen LogP contribution in [0.5, 0.6) is 5.75 Å². The molecular formula is C32H36Cl2N6O4. The molecule has 0 bridgehead atoms. The average Bonchev–Trinajstić information content (AvgIpc) is 3.00. The van der Waals surface area contributed by atoms with E-state index in [1.54, 1.807) is 57.2 Å². The molecule has 44 heavy (non-hydrogen) atoms. The number of aromatic hydroxyl groups is 1. The Morgan fingerprint density at radius 1 is 1.02 bits per heavy atom. The van der Waals surface area contributed by atoms with Gasteiger partial charge in [-0.05, 0) is 47.4 Å². The van der Waals surface area contributed by atoms with Gasteiger partial charge in [-0.15, -0.1) is 0 Å². The molecule has 3 aromatic rings. The maximum atomic E-state index is 14.2. The van der Waals surface area contributed by atoms with Crippen molar-refractivity contribution in [3.8, 4) is 5.75 Å². The van der Waals surface area contributed by atoms with Crippen molar-refractivity contribution in [1.82, 2.24) is 25.1 Å². The van der Waals surface area contributed by atoms with Crippen LogP contribution in [-0.4, -0.2) is 81.7 Å². The number of carbonyl (C=O) groups is 3. The molecule has 10 nitrogen and oxygen atoms in total. The van der Waals surface area contributed by atoms with Crippen LogP contribution in [0.4, 0.5) is 10.5 Å². The molecule has 2 aliphatic heterocycles. The Balaban J connectivity index is 1.50. The smallest absolute Gasteiger partial charge is 0.334 e. The third-order valence-corrected chi connectivity index (χ3v) is 8.39. The molecule has 12 heteroatoms. The number of carbonyl (C=O) groups excluding carboxylic acids is 3. The van der Waals surface area contributed by atoms with Crippen LogP contribution in [0.15, 0.2) is 72.8 Å². The minimum Gasteiger partial charge on any atom is -0.508 e. The first-order chi connectivity index (χ1) is 21.2. The maximum Gasteiger partial charge on any atom is 0.334 e. The van der Waals surface area contributed by atoms with Gasteiger partial charge in [0.25, 0.3) is 0 Å². The molecule has 2 atom stereocenters. The topological polar surface area (TPSA) is 99.7 Å². The SMILES string of the molecule is CCCN1CC(=O)N2[C@@H](Cc3ccc(O)cc3)C(=O)N(Cc3ccc(Cl)c(N(C)Cl)c3)C[C@@H]2N1C(=O)NCc1ccccc1. The van der Waals surface area contributed by atoms with E-state index < -0.39 is 12.2 Å². The number of halogens is 2. The lowest BCUT2D eigenvalue weighted by Gasteiger charge is -2.55. The minimum absolute atomic E-state index is 0.0228. The number of amides is 4. The summed E-state index contributed by atoms with van der Waals surface area (Å²) in [6, 6.07) is 20.4. The molecule has 0 aromatic heterocycles. The average molecular weight is 640 g/mol. The van der Waals surface area contributed by atoms with E-state index in [2.05, 4.69) is 5.32 Å². The number of piperazine rings is 1. The molecule has 232 valence electrons. The number of anilines is 1. The monoisotopic (exact) mass is 638 g/mol. The number of phenolic OH excluding ortho intramolecular Hbond substituents is 1. The quantitative estimate of drug-likeness (QED) is 0.333. The van der Waals surface area contributed by atoms with E-state index in [9.17, 15) is 19.5 Å². The molecule has 0 radical (unpaired) electrons. The van der Waals surface area contributed by atoms with Crippen molar-refractivity contribution >= 4 is 46.9 Å². The summed E-state index contributed by atoms with van der Waals surface area (Å²) in [5.41, 5.74) is 3.13. The van der Waals surface area contributed by atoms with Crippen molar-refractivity contribution in [3.05, 3.63) is 94.5 Å². The third-order valence-electron chi connectivity index (χ3n) is 7.89. The summed E-state index contributed by atoms with van der Waals surface area (Å²) in [7, 11) is 1.67. The Morgan fingerprint density at radius 3 is 2.41 bits per heavy atom. The summed E-state index contributed by atoms with van der Waals surface area (Å²) >= 11 is 12.5. The van der Waals surface area contributed by atoms with Gasteiger partial charge < -0.3 is 20.2 Å². The highest BCUT2D eigenvalue weighted by atomic mass is 35.5. The molecule has 4 amide bonds. The highest BCUT2D eigenvalue weighted by molar-refractivity contribution is 6.36. The molecule has 2 fully saturated rings. The number of fused-ring (bicyclic) bond motifs is 1. The number of phenols is 1. The Hall–Kier alpha value is -3.99. The van der Waals surface area contributed by atoms with Gasteiger partial charge in [0, 0.05) is 44.9 Å². The van der Waals surface area contributed by atoms with Crippen molar-refractivity contribution < 1.29 is 19.5 Å². The number of hydrogen-bond donors (Lipinski definition) is 2. The van der Waals surface area contributed by atoms with E-state index in [1.807, 2.05) is 49.4 Å². The van der Waals surface area contributed by atoms with Gasteiger partial charge in [-0.3, -0.25) is 14.0 Å². The van der Waals surface area contributed by atoms with Gasteiger partial charge in [0.05, 0.1) is 23.8 Å². The molecule has 3 aromatic carbocycles. The van der Waals surface area contributed by atoms with Crippen LogP contribution >= 0.6 is 23.4 Å². The standard InChI is InChI=1S/C32H36Cl2N6O4/c1-3-15-38-21-30(42)39-28(16-22-9-12-25(41)13-10-22)31(43)37(19-24-11-14-26(33)27(17-24)36(2)34)20-29(39)40(38)32(44)35-18-23-7-5-4-6-8-23/h4-14,17,28-29,41H,3,15-16,18-21H2,1-2H3,(H,35,44)/t28-,29-/m0/s1. The van der Waals surface area contributed by atoms with E-state index in [0.717, 1.165) is 23.1 Å². The largest absolute Gasteiger partial charge is 0.508 e. The van der Waals surface area contributed by atoms with Crippen molar-refractivity contribution in [2.75, 3.05) is 31.1 Å². The second-order valence-corrected chi connectivity index (χ2v) is 11.9. The first-order valence-corrected chi connectivity index (χ1v) is 15.3. The first-order valence-electron chi connectivity index (χ1n) is 14.6. The van der Waals surface area contributed by atoms with Gasteiger partial charge in [0.15, 0.2) is 0 Å². The first kappa shape index (κ1) is 31.4. The summed E-state index contributed by atoms with van der Waals surface area (Å²) in [5, 5.41) is 16.7. The predicted octanol–water partition coefficient (Wildman–Crippen LogP) is 4.60. The van der Waals surface area contributed by atoms with Crippen LogP contribution in [0.3, 0.4) is 0 Å². The van der Waals surface area contributed by atoms with E-state index >= 15 is 0 Å². The molecule has 2 N–H and O–H groups in total. The maximum absolute atomic E-state index is 14.2. The summed E-state index contributed by atoms with van der Waals surface area (Å²) in [6.07, 6.45) is 0.212. The minimum atomic E-state index is -0.860. The number of hydrazine groups is 1. The number of urea groups is 1. The number of hydrogen-bond acceptors (Lipinski definition) is 6. The van der Waals surface area contributed by atoms with Crippen LogP contribution in [0.2, 0.25) is 5.02 Å². The summed E-state index contributed by atoms with van der Waals surface area (Å²) in [6.45, 7) is 3.12. The molecule has 5 rings (SSSR count). The van der Waals surface area contributed by atoms with Gasteiger partial charge in [-0.1, -0.05) is 67.1 Å². The van der Waals surface area contributed by atoms with Gasteiger partial charge in [0.2, 0.25) is 11.8 Å². The lowest BCUT2D eigenvalue weighted by atomic mass is 9.98. The van der Waals surface area contributed by atoms with Gasteiger partial charge in [0.1, 0.15) is 18.0 Å². The summed E-state index contributed by atoms with van der Waals surface area (Å²) < 4.78 is 1.39. The van der Waals surface area contributed by atoms with Gasteiger partial charge in [-0.2, -0.15) is 0 Å². The summed E-state index contributed by atoms with van der Waals surface area (Å²) in [5.74, 6) is -0.339. The van der Waals surface area contributed by atoms with E-state index in [4.69, 9.17) is 23.4 Å². The van der Waals surface area contributed by atoms with Gasteiger partial charge >= 0.3 is 6.03 Å². The molecule has 2 heterocycles. The second kappa shape index (κ2) is 13.8. The normalized spacial score (nSPS) is 18.8. The van der Waals surface area contributed by atoms with Crippen LogP contribution in [0, 0.1) is 0 Å². The van der Waals surface area contributed by atoms with Crippen LogP contribution < -0.4 is 9.74 Å². The van der Waals surface area contributed by atoms with E-state index in [-0.39, 0.29) is 49.7 Å². The predicted molar refractivity (Wildman–Crippen MR) is 170 cm³/mol. The second-order valence-electron chi connectivity index (χ2n) is 11.0. The Labute approximate surface area is 267 Å². The Bertz CT molecular complexity index is 1490. The highest BCUT2D eigenvalue weighted by Gasteiger charge is 2.51. The number of nitrogens with zero attached hydrogens (tertiary/aromatic N) is 5. The zero-order valence-corrected chi connectivity index (χ0v) is 26.2. The van der Waals surface area contributed by atoms with Crippen LogP contribution in [-0.2, 0) is 29.1 Å². The van der Waals surface area contributed by atoms with E-state index in [0.29, 0.717) is 23.8 Å². The van der Waals surface area contributed by atoms with E-state index in [1.165, 1.54) is 4.42 Å². The van der Waals surface area contributed by atoms with Crippen molar-refractivity contribution in [1.29, 1.82) is 0 Å². The molecule has 2 saturated heterocycles. The molecule has 0 spiro atoms.